The largest absolute Gasteiger partial charge is 0.547 e. The first-order valence-electron chi connectivity index (χ1n) is 15.4. The lowest BCUT2D eigenvalue weighted by Gasteiger charge is -2.33. The molecule has 46 heavy (non-hydrogen) atoms. The number of carbonyl (C=O) groups is 2. The number of carboxylic acids is 1. The summed E-state index contributed by atoms with van der Waals surface area (Å²) in [5.41, 5.74) is 1.01. The van der Waals surface area contributed by atoms with Gasteiger partial charge in [-0.05, 0) is 38.5 Å². The maximum Gasteiger partial charge on any atom is 0.338 e. The summed E-state index contributed by atoms with van der Waals surface area (Å²) in [7, 11) is 0. The fraction of sp³-hybridized carbons (Fsp3) is 0.714. The van der Waals surface area contributed by atoms with Crippen molar-refractivity contribution in [2.75, 3.05) is 98.4 Å². The number of quaternary nitrogens is 1. The average molecular weight is 654 g/mol. The van der Waals surface area contributed by atoms with Gasteiger partial charge in [0.05, 0.1) is 32.3 Å². The van der Waals surface area contributed by atoms with Crippen LogP contribution in [0, 0.1) is 0 Å². The van der Waals surface area contributed by atoms with Gasteiger partial charge in [0, 0.05) is 45.8 Å². The van der Waals surface area contributed by atoms with Crippen molar-refractivity contribution in [3.05, 3.63) is 0 Å². The van der Waals surface area contributed by atoms with Gasteiger partial charge in [-0.1, -0.05) is 0 Å². The number of fused-ring (bicyclic) bond motifs is 1. The molecule has 2 aromatic heterocycles. The molecule has 2 fully saturated rings. The Hall–Kier alpha value is -3.68. The number of aliphatic carboxylic acids is 1. The van der Waals surface area contributed by atoms with E-state index in [0.29, 0.717) is 28.6 Å². The SMILES string of the molecule is O=C([O-])[C@H](O)[C@@H](O)C(=O)OCCN(CCO)c1nc(N2CCCCC2)c2nc(N(CCO)CCO)nc(N3CCCCC3)c2n1.[NH4+]. The molecule has 18 nitrogen and oxygen atoms in total. The molecule has 258 valence electrons. The molecule has 0 unspecified atom stereocenters. The second-order valence-electron chi connectivity index (χ2n) is 11.0. The minimum atomic E-state index is -2.44. The summed E-state index contributed by atoms with van der Waals surface area (Å²) in [6, 6.07) is 0. The summed E-state index contributed by atoms with van der Waals surface area (Å²) in [5.74, 6) is -1.63. The Morgan fingerprint density at radius 3 is 1.50 bits per heavy atom. The van der Waals surface area contributed by atoms with E-state index in [1.165, 1.54) is 0 Å². The number of carboxylic acid groups (broad SMARTS) is 1. The molecule has 0 saturated carbocycles. The first kappa shape index (κ1) is 36.8. The van der Waals surface area contributed by atoms with Crippen molar-refractivity contribution in [1.82, 2.24) is 26.1 Å². The second kappa shape index (κ2) is 17.9. The zero-order valence-corrected chi connectivity index (χ0v) is 26.3. The van der Waals surface area contributed by atoms with Gasteiger partial charge in [0.25, 0.3) is 0 Å². The molecule has 2 aliphatic rings. The van der Waals surface area contributed by atoms with Crippen LogP contribution in [-0.2, 0) is 14.3 Å². The van der Waals surface area contributed by atoms with E-state index in [1.807, 2.05) is 0 Å². The van der Waals surface area contributed by atoms with Gasteiger partial charge in [-0.3, -0.25) is 0 Å². The summed E-state index contributed by atoms with van der Waals surface area (Å²) < 4.78 is 5.01. The summed E-state index contributed by atoms with van der Waals surface area (Å²) in [6.07, 6.45) is 1.25. The van der Waals surface area contributed by atoms with Crippen molar-refractivity contribution in [1.29, 1.82) is 0 Å². The van der Waals surface area contributed by atoms with Gasteiger partial charge >= 0.3 is 5.97 Å². The predicted octanol–water partition coefficient (Wildman–Crippen LogP) is -2.62. The number of aliphatic hydroxyl groups is 5. The van der Waals surface area contributed by atoms with Crippen molar-refractivity contribution in [3.8, 4) is 0 Å². The fourth-order valence-corrected chi connectivity index (χ4v) is 5.48. The third-order valence-electron chi connectivity index (χ3n) is 7.86. The molecule has 0 aliphatic carbocycles. The van der Waals surface area contributed by atoms with Crippen molar-refractivity contribution < 1.29 is 45.0 Å². The van der Waals surface area contributed by atoms with E-state index < -0.39 is 24.1 Å². The molecule has 4 heterocycles. The number of nitrogens with zero attached hydrogens (tertiary/aromatic N) is 8. The van der Waals surface area contributed by atoms with Gasteiger partial charge in [0.2, 0.25) is 11.9 Å². The lowest BCUT2D eigenvalue weighted by Crippen LogP contribution is -2.47. The predicted molar refractivity (Wildman–Crippen MR) is 167 cm³/mol. The van der Waals surface area contributed by atoms with Crippen LogP contribution in [0.3, 0.4) is 0 Å². The normalized spacial score (nSPS) is 16.5. The van der Waals surface area contributed by atoms with Gasteiger partial charge < -0.3 is 65.9 Å². The summed E-state index contributed by atoms with van der Waals surface area (Å²) >= 11 is 0. The van der Waals surface area contributed by atoms with Crippen LogP contribution < -0.4 is 30.9 Å². The Bertz CT molecular complexity index is 1270. The van der Waals surface area contributed by atoms with Crippen LogP contribution in [0.25, 0.3) is 11.0 Å². The number of esters is 1. The molecular weight excluding hydrogens is 606 g/mol. The van der Waals surface area contributed by atoms with Gasteiger partial charge in [0.15, 0.2) is 17.7 Å². The van der Waals surface area contributed by atoms with E-state index in [9.17, 15) is 40.2 Å². The Balaban J connectivity index is 0.00000576. The van der Waals surface area contributed by atoms with E-state index in [0.717, 1.165) is 64.7 Å². The molecule has 18 heteroatoms. The zero-order chi connectivity index (χ0) is 32.3. The molecule has 0 radical (unpaired) electrons. The molecule has 9 N–H and O–H groups in total. The first-order chi connectivity index (χ1) is 21.8. The highest BCUT2D eigenvalue weighted by Crippen LogP contribution is 2.34. The number of anilines is 4. The van der Waals surface area contributed by atoms with Crippen molar-refractivity contribution >= 4 is 46.5 Å². The van der Waals surface area contributed by atoms with Crippen LogP contribution in [0.2, 0.25) is 0 Å². The Labute approximate surface area is 266 Å². The molecule has 0 aromatic carbocycles. The Kier molecular flexibility index (Phi) is 14.3. The number of ether oxygens (including phenoxy) is 1. The number of hydrogen-bond acceptors (Lipinski definition) is 17. The minimum absolute atomic E-state index is 0. The molecular formula is C28H47N9O9. The number of aromatic nitrogens is 4. The van der Waals surface area contributed by atoms with Crippen LogP contribution in [0.4, 0.5) is 23.5 Å². The summed E-state index contributed by atoms with van der Waals surface area (Å²) in [6.45, 7) is 2.53. The fourth-order valence-electron chi connectivity index (χ4n) is 5.48. The van der Waals surface area contributed by atoms with E-state index in [-0.39, 0.29) is 64.7 Å². The third-order valence-corrected chi connectivity index (χ3v) is 7.86. The Morgan fingerprint density at radius 2 is 1.11 bits per heavy atom. The topological polar surface area (TPSA) is 269 Å². The zero-order valence-electron chi connectivity index (χ0n) is 26.3. The molecule has 2 aromatic rings. The number of aliphatic hydroxyl groups excluding tert-OH is 5. The molecule has 0 amide bonds. The highest BCUT2D eigenvalue weighted by atomic mass is 16.6. The monoisotopic (exact) mass is 653 g/mol. The van der Waals surface area contributed by atoms with Gasteiger partial charge in [-0.15, -0.1) is 0 Å². The number of piperidine rings is 2. The lowest BCUT2D eigenvalue weighted by molar-refractivity contribution is -0.318. The standard InChI is InChI=1S/C28H44N8O9.H3N/c37-15-11-35(12-16-38)27-29-19-20(23(31-27)33-7-3-1-4-8-33)30-28(32-24(19)34-9-5-2-6-10-34)36(13-17-39)14-18-45-26(44)22(41)21(40)25(42)43;/h21-22,37-41H,1-18H2,(H,42,43);1H3/t21-,22-;/m1./s1. The molecule has 0 bridgehead atoms. The Morgan fingerprint density at radius 1 is 0.696 bits per heavy atom. The summed E-state index contributed by atoms with van der Waals surface area (Å²) in [4.78, 5) is 50.1. The first-order valence-corrected chi connectivity index (χ1v) is 15.4. The number of rotatable bonds is 16. The lowest BCUT2D eigenvalue weighted by atomic mass is 10.1. The van der Waals surface area contributed by atoms with Crippen LogP contribution in [0.1, 0.15) is 38.5 Å². The van der Waals surface area contributed by atoms with Gasteiger partial charge in [0.1, 0.15) is 23.7 Å². The third kappa shape index (κ3) is 8.98. The highest BCUT2D eigenvalue weighted by molar-refractivity contribution is 5.95. The van der Waals surface area contributed by atoms with Crippen molar-refractivity contribution in [3.63, 3.8) is 0 Å². The van der Waals surface area contributed by atoms with Crippen LogP contribution in [0.5, 0.6) is 0 Å². The quantitative estimate of drug-likeness (QED) is 0.101. The molecule has 2 saturated heterocycles. The maximum atomic E-state index is 12.1. The molecule has 2 atom stereocenters. The average Bonchev–Trinajstić information content (AvgIpc) is 3.06. The van der Waals surface area contributed by atoms with E-state index in [4.69, 9.17) is 24.7 Å². The number of hydrogen-bond donors (Lipinski definition) is 6. The van der Waals surface area contributed by atoms with Gasteiger partial charge in [-0.2, -0.15) is 9.97 Å². The van der Waals surface area contributed by atoms with E-state index in [2.05, 4.69) is 9.80 Å². The van der Waals surface area contributed by atoms with Crippen molar-refractivity contribution in [2.45, 2.75) is 50.7 Å². The van der Waals surface area contributed by atoms with E-state index >= 15 is 0 Å². The minimum Gasteiger partial charge on any atom is -0.547 e. The summed E-state index contributed by atoms with van der Waals surface area (Å²) in [5, 5.41) is 59.3. The molecule has 4 rings (SSSR count). The van der Waals surface area contributed by atoms with Crippen LogP contribution in [-0.4, -0.2) is 148 Å². The molecule has 0 spiro atoms. The van der Waals surface area contributed by atoms with E-state index in [1.54, 1.807) is 9.80 Å². The smallest absolute Gasteiger partial charge is 0.338 e. The maximum absolute atomic E-state index is 12.1. The molecule has 2 aliphatic heterocycles. The highest BCUT2D eigenvalue weighted by Gasteiger charge is 2.29. The van der Waals surface area contributed by atoms with Crippen LogP contribution >= 0.6 is 0 Å². The van der Waals surface area contributed by atoms with Gasteiger partial charge in [-0.25, -0.2) is 14.8 Å². The second-order valence-corrected chi connectivity index (χ2v) is 11.0. The van der Waals surface area contributed by atoms with Crippen LogP contribution in [0.15, 0.2) is 0 Å². The number of carbonyl (C=O) groups excluding carboxylic acids is 2. The van der Waals surface area contributed by atoms with Crippen molar-refractivity contribution in [2.24, 2.45) is 0 Å².